The first-order valence-corrected chi connectivity index (χ1v) is 13.9. The van der Waals surface area contributed by atoms with Crippen LogP contribution in [0.1, 0.15) is 42.8 Å². The fraction of sp³-hybridized carbons (Fsp3) is 0.400. The van der Waals surface area contributed by atoms with E-state index in [2.05, 4.69) is 19.9 Å². The molecule has 4 atom stereocenters. The molecule has 2 unspecified atom stereocenters. The number of hydrogen-bond acceptors (Lipinski definition) is 8. The van der Waals surface area contributed by atoms with Crippen molar-refractivity contribution in [1.29, 1.82) is 0 Å². The van der Waals surface area contributed by atoms with Gasteiger partial charge in [0.15, 0.2) is 0 Å². The van der Waals surface area contributed by atoms with Gasteiger partial charge in [0.25, 0.3) is 0 Å². The molecular weight excluding hydrogens is 551 g/mol. The second-order valence-corrected chi connectivity index (χ2v) is 11.2. The van der Waals surface area contributed by atoms with Crippen LogP contribution in [0, 0.1) is 23.6 Å². The number of aliphatic hydroxyl groups excluding tert-OH is 1. The Balaban J connectivity index is 1.21. The van der Waals surface area contributed by atoms with Crippen molar-refractivity contribution in [2.24, 2.45) is 17.8 Å². The summed E-state index contributed by atoms with van der Waals surface area (Å²) in [4.78, 5) is 27.9. The van der Waals surface area contributed by atoms with Crippen LogP contribution in [0.4, 0.5) is 19.1 Å². The minimum atomic E-state index is -3.01. The number of para-hydroxylation sites is 1. The molecule has 12 heteroatoms. The quantitative estimate of drug-likeness (QED) is 0.322. The van der Waals surface area contributed by atoms with Gasteiger partial charge in [-0.15, -0.1) is 0 Å². The first kappa shape index (κ1) is 26.7. The second kappa shape index (κ2) is 10.3. The standard InChI is InChI=1S/C30H28F3N5O4/c1-41-28(40)26-15-6-7-16(26)14-37(13-15)30-34-11-17(12-35-30)19-8-23-21(9-20(19)31)36-27-24(39)10-22(38(23)27)18-4-2-3-5-25(18)42-29(32)33/h2-5,8-9,11-12,15-16,22,24,26,29,39H,6-7,10,13-14H2,1H3/t15?,16?,22-,24-,26?/m1/s1. The van der Waals surface area contributed by atoms with Crippen molar-refractivity contribution in [2.45, 2.75) is 38.0 Å². The molecule has 1 aliphatic carbocycles. The van der Waals surface area contributed by atoms with E-state index in [1.807, 2.05) is 0 Å². The lowest BCUT2D eigenvalue weighted by molar-refractivity contribution is -0.148. The monoisotopic (exact) mass is 579 g/mol. The number of aliphatic hydroxyl groups is 1. The molecule has 9 nitrogen and oxygen atoms in total. The van der Waals surface area contributed by atoms with Crippen molar-refractivity contribution < 1.29 is 32.5 Å². The fourth-order valence-corrected chi connectivity index (χ4v) is 7.10. The van der Waals surface area contributed by atoms with Crippen molar-refractivity contribution in [1.82, 2.24) is 19.5 Å². The maximum Gasteiger partial charge on any atom is 0.387 e. The van der Waals surface area contributed by atoms with E-state index in [1.165, 1.54) is 19.2 Å². The molecule has 1 saturated carbocycles. The van der Waals surface area contributed by atoms with Crippen molar-refractivity contribution in [2.75, 3.05) is 25.1 Å². The molecule has 0 spiro atoms. The SMILES string of the molecule is COC(=O)C1C2CCC1CN(c1ncc(-c3cc4c(cc3F)nc3n4[C@@H](c4ccccc4OC(F)F)C[C@H]3O)cn1)C2. The van der Waals surface area contributed by atoms with Gasteiger partial charge in [0, 0.05) is 54.7 Å². The summed E-state index contributed by atoms with van der Waals surface area (Å²) in [6.45, 7) is -1.70. The van der Waals surface area contributed by atoms with E-state index in [4.69, 9.17) is 9.47 Å². The lowest BCUT2D eigenvalue weighted by atomic mass is 9.85. The normalized spacial score (nSPS) is 24.8. The van der Waals surface area contributed by atoms with Gasteiger partial charge in [-0.25, -0.2) is 19.3 Å². The van der Waals surface area contributed by atoms with E-state index >= 15 is 4.39 Å². The van der Waals surface area contributed by atoms with Crippen molar-refractivity contribution in [3.63, 3.8) is 0 Å². The Morgan fingerprint density at radius 3 is 2.50 bits per heavy atom. The van der Waals surface area contributed by atoms with Crippen LogP contribution in [0.15, 0.2) is 48.8 Å². The fourth-order valence-electron chi connectivity index (χ4n) is 7.10. The molecule has 4 heterocycles. The van der Waals surface area contributed by atoms with E-state index < -0.39 is 24.6 Å². The highest BCUT2D eigenvalue weighted by Crippen LogP contribution is 2.45. The van der Waals surface area contributed by atoms with Gasteiger partial charge in [0.05, 0.1) is 30.1 Å². The molecule has 2 aromatic heterocycles. The van der Waals surface area contributed by atoms with E-state index in [9.17, 15) is 18.7 Å². The maximum atomic E-state index is 15.4. The van der Waals surface area contributed by atoms with Gasteiger partial charge in [0.2, 0.25) is 5.95 Å². The molecule has 3 aliphatic rings. The number of carbonyl (C=O) groups excluding carboxylic acids is 1. The Labute approximate surface area is 238 Å². The Morgan fingerprint density at radius 1 is 1.10 bits per heavy atom. The number of halogens is 3. The zero-order valence-corrected chi connectivity index (χ0v) is 22.7. The van der Waals surface area contributed by atoms with Crippen LogP contribution >= 0.6 is 0 Å². The van der Waals surface area contributed by atoms with Gasteiger partial charge in [-0.3, -0.25) is 4.79 Å². The van der Waals surface area contributed by atoms with Crippen molar-refractivity contribution in [3.05, 3.63) is 66.0 Å². The van der Waals surface area contributed by atoms with Crippen LogP contribution in [-0.4, -0.2) is 57.4 Å². The molecule has 0 radical (unpaired) electrons. The number of nitrogens with zero attached hydrogens (tertiary/aromatic N) is 5. The molecule has 7 rings (SSSR count). The third-order valence-corrected chi connectivity index (χ3v) is 8.90. The van der Waals surface area contributed by atoms with Gasteiger partial charge in [-0.1, -0.05) is 18.2 Å². The molecule has 1 saturated heterocycles. The smallest absolute Gasteiger partial charge is 0.387 e. The zero-order chi connectivity index (χ0) is 29.1. The van der Waals surface area contributed by atoms with E-state index in [0.29, 0.717) is 47.0 Å². The molecule has 2 bridgehead atoms. The minimum Gasteiger partial charge on any atom is -0.469 e. The number of esters is 1. The lowest BCUT2D eigenvalue weighted by Gasteiger charge is -2.36. The summed E-state index contributed by atoms with van der Waals surface area (Å²) < 4.78 is 53.2. The van der Waals surface area contributed by atoms with Gasteiger partial charge in [-0.05, 0) is 36.8 Å². The first-order chi connectivity index (χ1) is 20.3. The third kappa shape index (κ3) is 4.36. The summed E-state index contributed by atoms with van der Waals surface area (Å²) in [5, 5.41) is 10.8. The number of methoxy groups -OCH3 is 1. The van der Waals surface area contributed by atoms with Crippen LogP contribution in [0.5, 0.6) is 5.75 Å². The maximum absolute atomic E-state index is 15.4. The molecule has 2 aliphatic heterocycles. The first-order valence-electron chi connectivity index (χ1n) is 13.9. The number of piperidine rings is 1. The Kier molecular flexibility index (Phi) is 6.52. The predicted molar refractivity (Wildman–Crippen MR) is 145 cm³/mol. The number of carbonyl (C=O) groups is 1. The van der Waals surface area contributed by atoms with E-state index in [0.717, 1.165) is 12.8 Å². The van der Waals surface area contributed by atoms with Gasteiger partial charge in [-0.2, -0.15) is 8.78 Å². The second-order valence-electron chi connectivity index (χ2n) is 11.2. The molecule has 2 aromatic carbocycles. The molecule has 1 N–H and O–H groups in total. The van der Waals surface area contributed by atoms with Gasteiger partial charge in [0.1, 0.15) is 23.5 Å². The van der Waals surface area contributed by atoms with E-state index in [-0.39, 0.29) is 41.5 Å². The Hall–Kier alpha value is -4.19. The molecule has 42 heavy (non-hydrogen) atoms. The van der Waals surface area contributed by atoms with Crippen molar-refractivity contribution >= 4 is 23.0 Å². The largest absolute Gasteiger partial charge is 0.469 e. The number of alkyl halides is 2. The minimum absolute atomic E-state index is 0.00906. The number of hydrogen-bond donors (Lipinski definition) is 1. The van der Waals surface area contributed by atoms with Gasteiger partial charge < -0.3 is 24.0 Å². The number of benzene rings is 2. The summed E-state index contributed by atoms with van der Waals surface area (Å²) in [5.41, 5.74) is 2.05. The summed E-state index contributed by atoms with van der Waals surface area (Å²) in [6.07, 6.45) is 4.29. The Bertz CT molecular complexity index is 1650. The lowest BCUT2D eigenvalue weighted by Crippen LogP contribution is -2.45. The average Bonchev–Trinajstić information content (AvgIpc) is 3.60. The van der Waals surface area contributed by atoms with Crippen molar-refractivity contribution in [3.8, 4) is 16.9 Å². The topological polar surface area (TPSA) is 103 Å². The molecule has 4 aromatic rings. The van der Waals surface area contributed by atoms with Crippen LogP contribution in [0.3, 0.4) is 0 Å². The summed E-state index contributed by atoms with van der Waals surface area (Å²) in [6, 6.07) is 8.82. The number of ether oxygens (including phenoxy) is 2. The van der Waals surface area contributed by atoms with E-state index in [1.54, 1.807) is 41.2 Å². The highest BCUT2D eigenvalue weighted by Gasteiger charge is 2.47. The zero-order valence-electron chi connectivity index (χ0n) is 22.7. The average molecular weight is 580 g/mol. The van der Waals surface area contributed by atoms with Crippen LogP contribution in [0.25, 0.3) is 22.2 Å². The Morgan fingerprint density at radius 2 is 1.81 bits per heavy atom. The highest BCUT2D eigenvalue weighted by molar-refractivity contribution is 5.83. The number of rotatable bonds is 6. The summed E-state index contributed by atoms with van der Waals surface area (Å²) >= 11 is 0. The molecular formula is C30H28F3N5O4. The molecule has 0 amide bonds. The van der Waals surface area contributed by atoms with Crippen LogP contribution in [-0.2, 0) is 9.53 Å². The highest BCUT2D eigenvalue weighted by atomic mass is 19.3. The molecule has 2 fully saturated rings. The number of imidazole rings is 1. The number of anilines is 1. The predicted octanol–water partition coefficient (Wildman–Crippen LogP) is 4.90. The van der Waals surface area contributed by atoms with Gasteiger partial charge >= 0.3 is 12.6 Å². The summed E-state index contributed by atoms with van der Waals surface area (Å²) in [7, 11) is 1.42. The summed E-state index contributed by atoms with van der Waals surface area (Å²) in [5.74, 6) is 0.440. The third-order valence-electron chi connectivity index (χ3n) is 8.90. The number of fused-ring (bicyclic) bond motifs is 5. The molecule has 218 valence electrons. The van der Waals surface area contributed by atoms with Crippen LogP contribution in [0.2, 0.25) is 0 Å². The van der Waals surface area contributed by atoms with Crippen LogP contribution < -0.4 is 9.64 Å². The number of aromatic nitrogens is 4.